The van der Waals surface area contributed by atoms with E-state index in [0.29, 0.717) is 12.1 Å². The molecule has 1 aromatic carbocycles. The van der Waals surface area contributed by atoms with Crippen molar-refractivity contribution in [2.24, 2.45) is 0 Å². The Morgan fingerprint density at radius 3 is 2.59 bits per heavy atom. The Bertz CT molecular complexity index is 896. The van der Waals surface area contributed by atoms with E-state index in [1.54, 1.807) is 6.07 Å². The molecule has 152 valence electrons. The van der Waals surface area contributed by atoms with E-state index in [4.69, 9.17) is 4.74 Å². The predicted octanol–water partition coefficient (Wildman–Crippen LogP) is 1.63. The number of unbranched alkanes of at least 4 members (excludes halogenated alkanes) is 1. The molecule has 1 saturated heterocycles. The molecule has 8 nitrogen and oxygen atoms in total. The third-order valence-electron chi connectivity index (χ3n) is 4.42. The molecule has 0 bridgehead atoms. The number of ether oxygens (including phenoxy) is 1. The van der Waals surface area contributed by atoms with Gasteiger partial charge in [-0.3, -0.25) is 4.79 Å². The molecule has 0 radical (unpaired) electrons. The number of carbonyl (C=O) groups excluding carboxylic acids is 1. The van der Waals surface area contributed by atoms with Gasteiger partial charge in [-0.15, -0.1) is 0 Å². The van der Waals surface area contributed by atoms with Crippen LogP contribution >= 0.6 is 0 Å². The second-order valence-corrected chi connectivity index (χ2v) is 10.7. The van der Waals surface area contributed by atoms with Crippen LogP contribution in [0.5, 0.6) is 5.75 Å². The summed E-state index contributed by atoms with van der Waals surface area (Å²) in [5, 5.41) is 2.56. The van der Waals surface area contributed by atoms with E-state index in [2.05, 4.69) is 5.32 Å². The fourth-order valence-electron chi connectivity index (χ4n) is 3.10. The lowest BCUT2D eigenvalue weighted by Crippen LogP contribution is -2.41. The highest BCUT2D eigenvalue weighted by Gasteiger charge is 2.39. The Kier molecular flexibility index (Phi) is 6.87. The van der Waals surface area contributed by atoms with Gasteiger partial charge in [0.25, 0.3) is 0 Å². The van der Waals surface area contributed by atoms with Gasteiger partial charge in [0.1, 0.15) is 10.6 Å². The van der Waals surface area contributed by atoms with Crippen LogP contribution < -0.4 is 10.1 Å². The molecule has 0 unspecified atom stereocenters. The molecule has 1 aromatic rings. The topological polar surface area (TPSA) is 110 Å². The minimum atomic E-state index is -4.02. The molecule has 1 N–H and O–H groups in total. The zero-order chi connectivity index (χ0) is 20.2. The first-order chi connectivity index (χ1) is 12.6. The van der Waals surface area contributed by atoms with Crippen molar-refractivity contribution in [1.82, 2.24) is 4.31 Å². The van der Waals surface area contributed by atoms with Gasteiger partial charge >= 0.3 is 0 Å². The summed E-state index contributed by atoms with van der Waals surface area (Å²) in [6.45, 7) is 3.50. The maximum Gasteiger partial charge on any atom is 0.247 e. The lowest BCUT2D eigenvalue weighted by atomic mass is 10.2. The Morgan fingerprint density at radius 2 is 2.07 bits per heavy atom. The number of hydrogen-bond acceptors (Lipinski definition) is 6. The average molecular weight is 419 g/mol. The maximum absolute atomic E-state index is 13.4. The van der Waals surface area contributed by atoms with Crippen LogP contribution in [0, 0.1) is 0 Å². The second kappa shape index (κ2) is 8.57. The van der Waals surface area contributed by atoms with Gasteiger partial charge in [0.15, 0.2) is 9.84 Å². The predicted molar refractivity (Wildman–Crippen MR) is 103 cm³/mol. The number of methoxy groups -OCH3 is 1. The van der Waals surface area contributed by atoms with Crippen molar-refractivity contribution >= 4 is 31.5 Å². The number of carbonyl (C=O) groups is 1. The zero-order valence-electron chi connectivity index (χ0n) is 15.8. The van der Waals surface area contributed by atoms with Gasteiger partial charge in [-0.2, -0.15) is 4.31 Å². The molecule has 0 spiro atoms. The molecule has 1 atom stereocenters. The molecule has 1 amide bonds. The normalized spacial score (nSPS) is 19.2. The van der Waals surface area contributed by atoms with Crippen molar-refractivity contribution in [3.8, 4) is 5.75 Å². The number of benzene rings is 1. The molecule has 1 aliphatic heterocycles. The smallest absolute Gasteiger partial charge is 0.247 e. The third-order valence-corrected chi connectivity index (χ3v) is 8.14. The molecule has 1 heterocycles. The van der Waals surface area contributed by atoms with Gasteiger partial charge in [0.2, 0.25) is 15.9 Å². The average Bonchev–Trinajstić information content (AvgIpc) is 2.94. The highest BCUT2D eigenvalue weighted by molar-refractivity contribution is 7.92. The summed E-state index contributed by atoms with van der Waals surface area (Å²) in [7, 11) is -5.89. The van der Waals surface area contributed by atoms with Crippen LogP contribution in [0.15, 0.2) is 23.1 Å². The molecule has 2 rings (SSSR count). The quantitative estimate of drug-likeness (QED) is 0.687. The van der Waals surface area contributed by atoms with Gasteiger partial charge < -0.3 is 10.1 Å². The summed E-state index contributed by atoms with van der Waals surface area (Å²) in [4.78, 5) is 11.2. The summed E-state index contributed by atoms with van der Waals surface area (Å²) < 4.78 is 57.0. The molecule has 0 saturated carbocycles. The van der Waals surface area contributed by atoms with Crippen LogP contribution in [0.4, 0.5) is 5.69 Å². The monoisotopic (exact) mass is 418 g/mol. The van der Waals surface area contributed by atoms with Gasteiger partial charge in [-0.1, -0.05) is 13.3 Å². The lowest BCUT2D eigenvalue weighted by Gasteiger charge is -2.28. The number of nitrogens with zero attached hydrogens (tertiary/aromatic N) is 1. The van der Waals surface area contributed by atoms with Gasteiger partial charge in [-0.25, -0.2) is 16.8 Å². The first kappa shape index (κ1) is 21.6. The standard InChI is InChI=1S/C17H26N2O6S2/c1-4-5-9-19(15-8-10-26(21,22)12-15)27(23,24)17-11-14(18-13(2)20)6-7-16(17)25-3/h6-7,11,15H,4-5,8-10,12H2,1-3H3,(H,18,20)/t15-/m0/s1. The first-order valence-electron chi connectivity index (χ1n) is 8.78. The molecule has 0 aromatic heterocycles. The lowest BCUT2D eigenvalue weighted by molar-refractivity contribution is -0.114. The Morgan fingerprint density at radius 1 is 1.37 bits per heavy atom. The number of anilines is 1. The van der Waals surface area contributed by atoms with Crippen molar-refractivity contribution in [3.63, 3.8) is 0 Å². The highest BCUT2D eigenvalue weighted by Crippen LogP contribution is 2.33. The summed E-state index contributed by atoms with van der Waals surface area (Å²) >= 11 is 0. The zero-order valence-corrected chi connectivity index (χ0v) is 17.4. The van der Waals surface area contributed by atoms with Gasteiger partial charge in [0, 0.05) is 25.2 Å². The Hall–Kier alpha value is -1.65. The maximum atomic E-state index is 13.4. The first-order valence-corrected chi connectivity index (χ1v) is 12.0. The van der Waals surface area contributed by atoms with E-state index in [9.17, 15) is 21.6 Å². The summed E-state index contributed by atoms with van der Waals surface area (Å²) in [6.07, 6.45) is 1.66. The number of sulfone groups is 1. The number of rotatable bonds is 8. The van der Waals surface area contributed by atoms with Crippen molar-refractivity contribution in [3.05, 3.63) is 18.2 Å². The van der Waals surface area contributed by atoms with Crippen molar-refractivity contribution < 1.29 is 26.4 Å². The van der Waals surface area contributed by atoms with Crippen LogP contribution in [0.1, 0.15) is 33.1 Å². The SMILES string of the molecule is CCCCN([C@H]1CCS(=O)(=O)C1)S(=O)(=O)c1cc(NC(C)=O)ccc1OC. The molecule has 0 aliphatic carbocycles. The van der Waals surface area contributed by atoms with Crippen molar-refractivity contribution in [2.75, 3.05) is 30.5 Å². The van der Waals surface area contributed by atoms with Crippen LogP contribution in [-0.2, 0) is 24.7 Å². The largest absolute Gasteiger partial charge is 0.495 e. The fraction of sp³-hybridized carbons (Fsp3) is 0.588. The minimum Gasteiger partial charge on any atom is -0.495 e. The highest BCUT2D eigenvalue weighted by atomic mass is 32.2. The van der Waals surface area contributed by atoms with Crippen molar-refractivity contribution in [2.45, 2.75) is 44.0 Å². The third kappa shape index (κ3) is 5.20. The molecule has 27 heavy (non-hydrogen) atoms. The van der Waals surface area contributed by atoms with E-state index in [1.165, 1.54) is 30.5 Å². The fourth-order valence-corrected chi connectivity index (χ4v) is 6.80. The van der Waals surface area contributed by atoms with E-state index >= 15 is 0 Å². The summed E-state index contributed by atoms with van der Waals surface area (Å²) in [5.41, 5.74) is 0.330. The van der Waals surface area contributed by atoms with Gasteiger partial charge in [0.05, 0.1) is 18.6 Å². The van der Waals surface area contributed by atoms with Crippen LogP contribution in [-0.4, -0.2) is 58.3 Å². The van der Waals surface area contributed by atoms with Crippen LogP contribution in [0.25, 0.3) is 0 Å². The summed E-state index contributed by atoms with van der Waals surface area (Å²) in [5.74, 6) is -0.373. The second-order valence-electron chi connectivity index (χ2n) is 6.57. The summed E-state index contributed by atoms with van der Waals surface area (Å²) in [6, 6.07) is 3.77. The van der Waals surface area contributed by atoms with E-state index in [-0.39, 0.29) is 41.0 Å². The van der Waals surface area contributed by atoms with E-state index in [1.807, 2.05) is 6.92 Å². The molecular formula is C17H26N2O6S2. The number of sulfonamides is 1. The number of amides is 1. The van der Waals surface area contributed by atoms with Gasteiger partial charge in [-0.05, 0) is 31.0 Å². The van der Waals surface area contributed by atoms with Crippen LogP contribution in [0.2, 0.25) is 0 Å². The van der Waals surface area contributed by atoms with Crippen LogP contribution in [0.3, 0.4) is 0 Å². The minimum absolute atomic E-state index is 0.0150. The number of nitrogens with one attached hydrogen (secondary N) is 1. The Balaban J connectivity index is 2.49. The molecule has 10 heteroatoms. The molecule has 1 aliphatic rings. The molecular weight excluding hydrogens is 392 g/mol. The molecule has 1 fully saturated rings. The number of hydrogen-bond donors (Lipinski definition) is 1. The van der Waals surface area contributed by atoms with E-state index < -0.39 is 25.9 Å². The van der Waals surface area contributed by atoms with E-state index in [0.717, 1.165) is 6.42 Å². The van der Waals surface area contributed by atoms with Crippen molar-refractivity contribution in [1.29, 1.82) is 0 Å². The Labute approximate surface area is 160 Å².